The predicted octanol–water partition coefficient (Wildman–Crippen LogP) is 2.12. The lowest BCUT2D eigenvalue weighted by molar-refractivity contribution is -0.385. The minimum atomic E-state index is -0.550. The number of carbonyl (C=O) groups is 1. The average Bonchev–Trinajstić information content (AvgIpc) is 2.52. The number of hydrogen-bond donors (Lipinski definition) is 2. The summed E-state index contributed by atoms with van der Waals surface area (Å²) in [5.41, 5.74) is -0.101. The number of benzene rings is 1. The molecule has 0 radical (unpaired) electrons. The van der Waals surface area contributed by atoms with Crippen LogP contribution in [0, 0.1) is 22.0 Å². The number of nitro groups is 1. The van der Waals surface area contributed by atoms with E-state index in [0.717, 1.165) is 25.7 Å². The number of carbonyl (C=O) groups excluding carboxylic acids is 1. The second-order valence-electron chi connectivity index (χ2n) is 5.47. The third-order valence-corrected chi connectivity index (χ3v) is 4.17. The number of rotatable bonds is 5. The maximum atomic E-state index is 12.1. The van der Waals surface area contributed by atoms with Gasteiger partial charge in [0.1, 0.15) is 5.56 Å². The number of nitrogens with zero attached hydrogens (tertiary/aromatic N) is 1. The zero-order chi connectivity index (χ0) is 15.2. The van der Waals surface area contributed by atoms with E-state index in [1.165, 1.54) is 18.2 Å². The molecule has 0 spiro atoms. The topological polar surface area (TPSA) is 92.5 Å². The van der Waals surface area contributed by atoms with Gasteiger partial charge in [-0.1, -0.05) is 25.0 Å². The van der Waals surface area contributed by atoms with E-state index in [0.29, 0.717) is 6.54 Å². The molecule has 1 aromatic carbocycles. The molecule has 1 aliphatic rings. The molecule has 0 saturated heterocycles. The van der Waals surface area contributed by atoms with Crippen molar-refractivity contribution in [3.8, 4) is 0 Å². The summed E-state index contributed by atoms with van der Waals surface area (Å²) < 4.78 is 0. The Morgan fingerprint density at radius 1 is 1.29 bits per heavy atom. The maximum absolute atomic E-state index is 12.1. The van der Waals surface area contributed by atoms with Crippen LogP contribution in [0.15, 0.2) is 24.3 Å². The Balaban J connectivity index is 2.00. The van der Waals surface area contributed by atoms with Gasteiger partial charge in [0.05, 0.1) is 4.92 Å². The van der Waals surface area contributed by atoms with Gasteiger partial charge in [-0.2, -0.15) is 0 Å². The number of amides is 1. The van der Waals surface area contributed by atoms with Gasteiger partial charge in [-0.3, -0.25) is 14.9 Å². The Morgan fingerprint density at radius 2 is 1.95 bits per heavy atom. The first kappa shape index (κ1) is 15.4. The smallest absolute Gasteiger partial charge is 0.282 e. The molecule has 2 N–H and O–H groups in total. The molecule has 1 fully saturated rings. The van der Waals surface area contributed by atoms with E-state index in [4.69, 9.17) is 0 Å². The van der Waals surface area contributed by atoms with Crippen molar-refractivity contribution >= 4 is 11.6 Å². The first-order valence-corrected chi connectivity index (χ1v) is 7.26. The quantitative estimate of drug-likeness (QED) is 0.642. The van der Waals surface area contributed by atoms with Crippen LogP contribution < -0.4 is 5.32 Å². The van der Waals surface area contributed by atoms with E-state index < -0.39 is 10.8 Å². The Morgan fingerprint density at radius 3 is 2.62 bits per heavy atom. The molecule has 2 atom stereocenters. The van der Waals surface area contributed by atoms with Gasteiger partial charge in [0.15, 0.2) is 0 Å². The summed E-state index contributed by atoms with van der Waals surface area (Å²) >= 11 is 0. The fourth-order valence-electron chi connectivity index (χ4n) is 2.94. The number of nitrogens with one attached hydrogen (secondary N) is 1. The van der Waals surface area contributed by atoms with Crippen LogP contribution in [-0.2, 0) is 0 Å². The van der Waals surface area contributed by atoms with E-state index in [2.05, 4.69) is 5.32 Å². The Hall–Kier alpha value is -1.95. The van der Waals surface area contributed by atoms with Gasteiger partial charge in [-0.25, -0.2) is 0 Å². The van der Waals surface area contributed by atoms with Crippen LogP contribution >= 0.6 is 0 Å². The summed E-state index contributed by atoms with van der Waals surface area (Å²) in [5, 5.41) is 23.1. The summed E-state index contributed by atoms with van der Waals surface area (Å²) in [5.74, 6) is 0.0323. The molecular formula is C15H20N2O4. The van der Waals surface area contributed by atoms with Crippen molar-refractivity contribution in [3.05, 3.63) is 39.9 Å². The molecule has 2 unspecified atom stereocenters. The van der Waals surface area contributed by atoms with E-state index in [-0.39, 0.29) is 29.7 Å². The van der Waals surface area contributed by atoms with Gasteiger partial charge in [-0.15, -0.1) is 0 Å². The zero-order valence-electron chi connectivity index (χ0n) is 11.8. The van der Waals surface area contributed by atoms with Crippen molar-refractivity contribution in [1.82, 2.24) is 5.32 Å². The highest BCUT2D eigenvalue weighted by molar-refractivity contribution is 5.98. The predicted molar refractivity (Wildman–Crippen MR) is 78.0 cm³/mol. The lowest BCUT2D eigenvalue weighted by Crippen LogP contribution is -2.35. The van der Waals surface area contributed by atoms with E-state index in [9.17, 15) is 20.0 Å². The first-order valence-electron chi connectivity index (χ1n) is 7.26. The number of nitro benzene ring substituents is 1. The average molecular weight is 292 g/mol. The summed E-state index contributed by atoms with van der Waals surface area (Å²) in [6.07, 6.45) is 4.16. The van der Waals surface area contributed by atoms with E-state index in [1.807, 2.05) is 0 Å². The number of aliphatic hydroxyl groups is 1. The van der Waals surface area contributed by atoms with Crippen molar-refractivity contribution in [1.29, 1.82) is 0 Å². The van der Waals surface area contributed by atoms with Crippen molar-refractivity contribution in [2.75, 3.05) is 13.2 Å². The van der Waals surface area contributed by atoms with Crippen LogP contribution in [-0.4, -0.2) is 29.1 Å². The van der Waals surface area contributed by atoms with Crippen LogP contribution in [0.3, 0.4) is 0 Å². The molecule has 6 heteroatoms. The highest BCUT2D eigenvalue weighted by Crippen LogP contribution is 2.29. The SMILES string of the molecule is O=C(NCC1CCCCC1CO)c1ccccc1[N+](=O)[O-]. The fraction of sp³-hybridized carbons (Fsp3) is 0.533. The molecule has 114 valence electrons. The molecule has 1 amide bonds. The molecule has 2 rings (SSSR count). The van der Waals surface area contributed by atoms with Crippen molar-refractivity contribution in [2.45, 2.75) is 25.7 Å². The molecule has 1 saturated carbocycles. The van der Waals surface area contributed by atoms with Gasteiger partial charge in [0.25, 0.3) is 11.6 Å². The molecule has 0 aliphatic heterocycles. The van der Waals surface area contributed by atoms with E-state index >= 15 is 0 Å². The summed E-state index contributed by atoms with van der Waals surface area (Å²) in [4.78, 5) is 22.5. The summed E-state index contributed by atoms with van der Waals surface area (Å²) in [7, 11) is 0. The standard InChI is InChI=1S/C15H20N2O4/c18-10-12-6-2-1-5-11(12)9-16-15(19)13-7-3-4-8-14(13)17(20)21/h3-4,7-8,11-12,18H,1-2,5-6,9-10H2,(H,16,19). The number of hydrogen-bond acceptors (Lipinski definition) is 4. The highest BCUT2D eigenvalue weighted by Gasteiger charge is 2.26. The fourth-order valence-corrected chi connectivity index (χ4v) is 2.94. The third kappa shape index (κ3) is 3.78. The molecule has 6 nitrogen and oxygen atoms in total. The second-order valence-corrected chi connectivity index (χ2v) is 5.47. The van der Waals surface area contributed by atoms with Crippen LogP contribution in [0.1, 0.15) is 36.0 Å². The Kier molecular flexibility index (Phi) is 5.27. The third-order valence-electron chi connectivity index (χ3n) is 4.17. The van der Waals surface area contributed by atoms with Crippen LogP contribution in [0.5, 0.6) is 0 Å². The van der Waals surface area contributed by atoms with Gasteiger partial charge < -0.3 is 10.4 Å². The minimum Gasteiger partial charge on any atom is -0.396 e. The number of para-hydroxylation sites is 1. The molecule has 0 aromatic heterocycles. The number of aliphatic hydroxyl groups excluding tert-OH is 1. The van der Waals surface area contributed by atoms with Crippen molar-refractivity contribution in [3.63, 3.8) is 0 Å². The Labute approximate surface area is 123 Å². The second kappa shape index (κ2) is 7.17. The lowest BCUT2D eigenvalue weighted by Gasteiger charge is -2.30. The van der Waals surface area contributed by atoms with E-state index in [1.54, 1.807) is 6.07 Å². The molecule has 0 heterocycles. The minimum absolute atomic E-state index is 0.0823. The first-order chi connectivity index (χ1) is 10.1. The normalized spacial score (nSPS) is 21.8. The summed E-state index contributed by atoms with van der Waals surface area (Å²) in [6.45, 7) is 0.585. The Bertz CT molecular complexity index is 518. The van der Waals surface area contributed by atoms with Gasteiger partial charge in [0, 0.05) is 19.2 Å². The van der Waals surface area contributed by atoms with Crippen LogP contribution in [0.25, 0.3) is 0 Å². The molecular weight excluding hydrogens is 272 g/mol. The zero-order valence-corrected chi connectivity index (χ0v) is 11.8. The molecule has 0 bridgehead atoms. The molecule has 1 aromatic rings. The van der Waals surface area contributed by atoms with Crippen LogP contribution in [0.4, 0.5) is 5.69 Å². The van der Waals surface area contributed by atoms with Crippen molar-refractivity contribution in [2.24, 2.45) is 11.8 Å². The lowest BCUT2D eigenvalue weighted by atomic mass is 9.79. The highest BCUT2D eigenvalue weighted by atomic mass is 16.6. The van der Waals surface area contributed by atoms with Crippen LogP contribution in [0.2, 0.25) is 0 Å². The van der Waals surface area contributed by atoms with Gasteiger partial charge in [0.2, 0.25) is 0 Å². The van der Waals surface area contributed by atoms with Crippen molar-refractivity contribution < 1.29 is 14.8 Å². The largest absolute Gasteiger partial charge is 0.396 e. The molecule has 21 heavy (non-hydrogen) atoms. The van der Waals surface area contributed by atoms with Gasteiger partial charge in [-0.05, 0) is 30.7 Å². The molecule has 1 aliphatic carbocycles. The summed E-state index contributed by atoms with van der Waals surface area (Å²) in [6, 6.07) is 5.93. The monoisotopic (exact) mass is 292 g/mol. The van der Waals surface area contributed by atoms with Gasteiger partial charge >= 0.3 is 0 Å². The maximum Gasteiger partial charge on any atom is 0.282 e.